The van der Waals surface area contributed by atoms with Crippen molar-refractivity contribution in [2.24, 2.45) is 0 Å². The van der Waals surface area contributed by atoms with Crippen molar-refractivity contribution in [3.63, 3.8) is 0 Å². The molecule has 9 nitrogen and oxygen atoms in total. The van der Waals surface area contributed by atoms with Gasteiger partial charge in [-0.2, -0.15) is 5.26 Å². The van der Waals surface area contributed by atoms with Gasteiger partial charge in [-0.05, 0) is 50.6 Å². The Labute approximate surface area is 182 Å². The van der Waals surface area contributed by atoms with Gasteiger partial charge in [0.1, 0.15) is 9.88 Å². The summed E-state index contributed by atoms with van der Waals surface area (Å²) in [4.78, 5) is 49.0. The summed E-state index contributed by atoms with van der Waals surface area (Å²) in [6.07, 6.45) is 0. The highest BCUT2D eigenvalue weighted by Gasteiger charge is 2.27. The Kier molecular flexibility index (Phi) is 8.28. The van der Waals surface area contributed by atoms with Gasteiger partial charge >= 0.3 is 17.9 Å². The van der Waals surface area contributed by atoms with E-state index in [2.05, 4.69) is 5.32 Å². The molecule has 0 spiro atoms. The Hall–Kier alpha value is -3.71. The maximum atomic E-state index is 12.3. The summed E-state index contributed by atoms with van der Waals surface area (Å²) in [5.41, 5.74) is 0.926. The third kappa shape index (κ3) is 5.90. The second-order valence-electron chi connectivity index (χ2n) is 6.01. The lowest BCUT2D eigenvalue weighted by Crippen LogP contribution is -2.21. The highest BCUT2D eigenvalue weighted by atomic mass is 32.1. The van der Waals surface area contributed by atoms with Gasteiger partial charge in [-0.3, -0.25) is 4.79 Å². The number of esters is 3. The lowest BCUT2D eigenvalue weighted by molar-refractivity contribution is -0.119. The van der Waals surface area contributed by atoms with Crippen LogP contribution in [0.5, 0.6) is 0 Å². The molecule has 1 aromatic carbocycles. The van der Waals surface area contributed by atoms with Crippen molar-refractivity contribution in [3.8, 4) is 6.07 Å². The van der Waals surface area contributed by atoms with Crippen LogP contribution in [0, 0.1) is 18.3 Å². The van der Waals surface area contributed by atoms with Gasteiger partial charge in [0.15, 0.2) is 6.61 Å². The van der Waals surface area contributed by atoms with E-state index in [0.717, 1.165) is 11.3 Å². The highest BCUT2D eigenvalue weighted by molar-refractivity contribution is 7.18. The minimum atomic E-state index is -0.750. The molecule has 0 fully saturated rings. The molecular formula is C21H20N2O7S. The quantitative estimate of drug-likeness (QED) is 0.485. The monoisotopic (exact) mass is 444 g/mol. The van der Waals surface area contributed by atoms with E-state index >= 15 is 0 Å². The maximum absolute atomic E-state index is 12.3. The van der Waals surface area contributed by atoms with Crippen molar-refractivity contribution in [2.75, 3.05) is 25.1 Å². The Morgan fingerprint density at radius 3 is 2.16 bits per heavy atom. The van der Waals surface area contributed by atoms with E-state index in [1.807, 2.05) is 6.07 Å². The molecule has 0 saturated heterocycles. The summed E-state index contributed by atoms with van der Waals surface area (Å²) in [5, 5.41) is 11.4. The molecule has 0 atom stereocenters. The molecule has 31 heavy (non-hydrogen) atoms. The van der Waals surface area contributed by atoms with Crippen LogP contribution in [0.25, 0.3) is 0 Å². The number of anilines is 1. The normalized spacial score (nSPS) is 10.0. The molecule has 0 saturated carbocycles. The van der Waals surface area contributed by atoms with Crippen molar-refractivity contribution in [1.82, 2.24) is 0 Å². The van der Waals surface area contributed by atoms with Crippen molar-refractivity contribution in [3.05, 3.63) is 51.4 Å². The van der Waals surface area contributed by atoms with Crippen LogP contribution in [0.2, 0.25) is 0 Å². The minimum Gasteiger partial charge on any atom is -0.462 e. The first-order chi connectivity index (χ1) is 14.8. The summed E-state index contributed by atoms with van der Waals surface area (Å²) in [6.45, 7) is 4.48. The zero-order valence-corrected chi connectivity index (χ0v) is 18.0. The molecule has 1 N–H and O–H groups in total. The summed E-state index contributed by atoms with van der Waals surface area (Å²) < 4.78 is 15.0. The van der Waals surface area contributed by atoms with Crippen LogP contribution in [0.4, 0.5) is 5.00 Å². The Morgan fingerprint density at radius 2 is 1.58 bits per heavy atom. The maximum Gasteiger partial charge on any atom is 0.348 e. The molecule has 162 valence electrons. The molecule has 1 amide bonds. The first-order valence-corrected chi connectivity index (χ1v) is 10.1. The van der Waals surface area contributed by atoms with E-state index in [-0.39, 0.29) is 34.2 Å². The molecule has 1 heterocycles. The molecule has 2 aromatic rings. The lowest BCUT2D eigenvalue weighted by atomic mass is 10.1. The molecule has 0 bridgehead atoms. The summed E-state index contributed by atoms with van der Waals surface area (Å²) in [6, 6.07) is 7.65. The number of rotatable bonds is 8. The molecule has 0 aliphatic heterocycles. The van der Waals surface area contributed by atoms with Crippen molar-refractivity contribution < 1.29 is 33.4 Å². The average molecular weight is 444 g/mol. The number of carbonyl (C=O) groups is 4. The van der Waals surface area contributed by atoms with Gasteiger partial charge in [-0.15, -0.1) is 11.3 Å². The zero-order chi connectivity index (χ0) is 23.0. The van der Waals surface area contributed by atoms with E-state index in [1.165, 1.54) is 24.3 Å². The third-order valence-electron chi connectivity index (χ3n) is 3.92. The van der Waals surface area contributed by atoms with Gasteiger partial charge in [-0.1, -0.05) is 0 Å². The van der Waals surface area contributed by atoms with Crippen LogP contribution in [-0.2, 0) is 19.0 Å². The number of ether oxygens (including phenoxy) is 3. The number of hydrogen-bond acceptors (Lipinski definition) is 9. The van der Waals surface area contributed by atoms with Crippen LogP contribution >= 0.6 is 11.3 Å². The van der Waals surface area contributed by atoms with Gasteiger partial charge in [0.25, 0.3) is 5.91 Å². The fourth-order valence-electron chi connectivity index (χ4n) is 2.50. The molecule has 0 radical (unpaired) electrons. The van der Waals surface area contributed by atoms with Crippen LogP contribution in [0.15, 0.2) is 24.3 Å². The molecule has 0 unspecified atom stereocenters. The SMILES string of the molecule is CCOC(=O)c1sc(NC(=O)COC(=O)c2ccc(C#N)cc2)c(C(=O)OCC)c1C. The van der Waals surface area contributed by atoms with Gasteiger partial charge in [-0.25, -0.2) is 14.4 Å². The smallest absolute Gasteiger partial charge is 0.348 e. The second-order valence-corrected chi connectivity index (χ2v) is 7.04. The number of amides is 1. The number of hydrogen-bond donors (Lipinski definition) is 1. The van der Waals surface area contributed by atoms with Crippen molar-refractivity contribution in [1.29, 1.82) is 5.26 Å². The molecule has 0 aliphatic carbocycles. The van der Waals surface area contributed by atoms with Crippen LogP contribution in [-0.4, -0.2) is 43.6 Å². The van der Waals surface area contributed by atoms with E-state index in [0.29, 0.717) is 11.1 Å². The van der Waals surface area contributed by atoms with Crippen molar-refractivity contribution in [2.45, 2.75) is 20.8 Å². The predicted octanol–water partition coefficient (Wildman–Crippen LogP) is 3.08. The summed E-state index contributed by atoms with van der Waals surface area (Å²) >= 11 is 0.873. The van der Waals surface area contributed by atoms with Crippen LogP contribution in [0.1, 0.15) is 55.4 Å². The van der Waals surface area contributed by atoms with E-state index in [9.17, 15) is 19.2 Å². The van der Waals surface area contributed by atoms with Crippen molar-refractivity contribution >= 4 is 40.2 Å². The Bertz CT molecular complexity index is 1040. The molecule has 10 heteroatoms. The van der Waals surface area contributed by atoms with Gasteiger partial charge in [0.05, 0.1) is 36.0 Å². The van der Waals surface area contributed by atoms with Crippen LogP contribution < -0.4 is 5.32 Å². The topological polar surface area (TPSA) is 132 Å². The predicted molar refractivity (Wildman–Crippen MR) is 111 cm³/mol. The average Bonchev–Trinajstić information content (AvgIpc) is 3.08. The first kappa shape index (κ1) is 23.6. The first-order valence-electron chi connectivity index (χ1n) is 9.27. The fourth-order valence-corrected chi connectivity index (χ4v) is 3.60. The lowest BCUT2D eigenvalue weighted by Gasteiger charge is -2.08. The molecular weight excluding hydrogens is 424 g/mol. The van der Waals surface area contributed by atoms with Gasteiger partial charge in [0.2, 0.25) is 0 Å². The fraction of sp³-hybridized carbons (Fsp3) is 0.286. The minimum absolute atomic E-state index is 0.0432. The van der Waals surface area contributed by atoms with E-state index < -0.39 is 30.4 Å². The zero-order valence-electron chi connectivity index (χ0n) is 17.1. The number of nitrogens with one attached hydrogen (secondary N) is 1. The van der Waals surface area contributed by atoms with E-state index in [1.54, 1.807) is 20.8 Å². The Balaban J connectivity index is 2.14. The Morgan fingerprint density at radius 1 is 0.968 bits per heavy atom. The third-order valence-corrected chi connectivity index (χ3v) is 5.11. The highest BCUT2D eigenvalue weighted by Crippen LogP contribution is 2.34. The second kappa shape index (κ2) is 10.9. The van der Waals surface area contributed by atoms with Crippen LogP contribution in [0.3, 0.4) is 0 Å². The molecule has 2 rings (SSSR count). The number of thiophene rings is 1. The van der Waals surface area contributed by atoms with Gasteiger partial charge in [0, 0.05) is 0 Å². The number of nitrogens with zero attached hydrogens (tertiary/aromatic N) is 1. The van der Waals surface area contributed by atoms with E-state index in [4.69, 9.17) is 19.5 Å². The summed E-state index contributed by atoms with van der Waals surface area (Å²) in [7, 11) is 0. The molecule has 0 aliphatic rings. The standard InChI is InChI=1S/C21H20N2O7S/c1-4-28-20(26)16-12(3)17(21(27)29-5-2)31-18(16)23-15(24)11-30-19(25)14-8-6-13(10-22)7-9-14/h6-9H,4-5,11H2,1-3H3,(H,23,24). The largest absolute Gasteiger partial charge is 0.462 e. The number of benzene rings is 1. The van der Waals surface area contributed by atoms with Gasteiger partial charge < -0.3 is 19.5 Å². The molecule has 1 aromatic heterocycles. The number of nitriles is 1. The summed E-state index contributed by atoms with van der Waals surface area (Å²) in [5.74, 6) is -2.77. The number of carbonyl (C=O) groups excluding carboxylic acids is 4.